The Balaban J connectivity index is 1.46. The van der Waals surface area contributed by atoms with Crippen molar-refractivity contribution in [3.05, 3.63) is 0 Å². The van der Waals surface area contributed by atoms with Gasteiger partial charge in [-0.05, 0) is 88.0 Å². The third kappa shape index (κ3) is 2.67. The average Bonchev–Trinajstić information content (AvgIpc) is 3.09. The van der Waals surface area contributed by atoms with E-state index in [9.17, 15) is 0 Å². The molecule has 4 aliphatic rings. The van der Waals surface area contributed by atoms with E-state index in [2.05, 4.69) is 12.2 Å². The van der Waals surface area contributed by atoms with Gasteiger partial charge in [0, 0.05) is 12.6 Å². The van der Waals surface area contributed by atoms with Crippen LogP contribution in [0.3, 0.4) is 0 Å². The molecule has 0 amide bonds. The van der Waals surface area contributed by atoms with Crippen molar-refractivity contribution in [1.82, 2.24) is 5.32 Å². The van der Waals surface area contributed by atoms with Crippen LogP contribution in [0.2, 0.25) is 0 Å². The second kappa shape index (κ2) is 5.85. The Morgan fingerprint density at radius 3 is 2.71 bits per heavy atom. The third-order valence-electron chi connectivity index (χ3n) is 7.19. The van der Waals surface area contributed by atoms with Gasteiger partial charge in [-0.2, -0.15) is 0 Å². The van der Waals surface area contributed by atoms with Gasteiger partial charge in [-0.25, -0.2) is 0 Å². The van der Waals surface area contributed by atoms with Gasteiger partial charge in [0.1, 0.15) is 0 Å². The molecule has 4 rings (SSSR count). The molecule has 21 heavy (non-hydrogen) atoms. The zero-order chi connectivity index (χ0) is 14.3. The number of hydrogen-bond acceptors (Lipinski definition) is 2. The van der Waals surface area contributed by atoms with Crippen LogP contribution in [-0.4, -0.2) is 24.8 Å². The zero-order valence-electron chi connectivity index (χ0n) is 13.8. The molecular formula is C19H33NO. The summed E-state index contributed by atoms with van der Waals surface area (Å²) in [6, 6.07) is 0.793. The van der Waals surface area contributed by atoms with Crippen LogP contribution in [-0.2, 0) is 4.74 Å². The summed E-state index contributed by atoms with van der Waals surface area (Å²) >= 11 is 0. The second-order valence-corrected chi connectivity index (χ2v) is 8.46. The van der Waals surface area contributed by atoms with Crippen LogP contribution in [0.5, 0.6) is 0 Å². The molecule has 1 heterocycles. The molecular weight excluding hydrogens is 258 g/mol. The van der Waals surface area contributed by atoms with Crippen molar-refractivity contribution >= 4 is 0 Å². The monoisotopic (exact) mass is 291 g/mol. The number of fused-ring (bicyclic) bond motifs is 2. The molecule has 1 spiro atoms. The van der Waals surface area contributed by atoms with Crippen molar-refractivity contribution in [2.75, 3.05) is 13.2 Å². The zero-order valence-corrected chi connectivity index (χ0v) is 13.8. The maximum Gasteiger partial charge on any atom is 0.0685 e. The highest BCUT2D eigenvalue weighted by molar-refractivity contribution is 5.02. The molecule has 1 N–H and O–H groups in total. The Kier molecular flexibility index (Phi) is 4.04. The summed E-state index contributed by atoms with van der Waals surface area (Å²) in [7, 11) is 0. The van der Waals surface area contributed by atoms with Crippen LogP contribution in [0.1, 0.15) is 71.1 Å². The Labute approximate surface area is 130 Å². The molecule has 120 valence electrons. The Morgan fingerprint density at radius 1 is 1.19 bits per heavy atom. The van der Waals surface area contributed by atoms with E-state index in [1.807, 2.05) is 0 Å². The van der Waals surface area contributed by atoms with Crippen molar-refractivity contribution in [3.8, 4) is 0 Å². The Bertz CT molecular complexity index is 365. The van der Waals surface area contributed by atoms with Crippen LogP contribution in [0.15, 0.2) is 0 Å². The van der Waals surface area contributed by atoms with Crippen LogP contribution in [0.25, 0.3) is 0 Å². The molecule has 1 saturated heterocycles. The fraction of sp³-hybridized carbons (Fsp3) is 1.00. The lowest BCUT2D eigenvalue weighted by Gasteiger charge is -2.50. The lowest BCUT2D eigenvalue weighted by molar-refractivity contribution is -0.150. The summed E-state index contributed by atoms with van der Waals surface area (Å²) < 4.78 is 6.18. The minimum Gasteiger partial charge on any atom is -0.375 e. The predicted molar refractivity (Wildman–Crippen MR) is 86.3 cm³/mol. The third-order valence-corrected chi connectivity index (χ3v) is 7.19. The van der Waals surface area contributed by atoms with E-state index < -0.39 is 0 Å². The summed E-state index contributed by atoms with van der Waals surface area (Å²) in [6.45, 7) is 4.54. The molecule has 2 bridgehead atoms. The quantitative estimate of drug-likeness (QED) is 0.822. The first kappa shape index (κ1) is 14.5. The maximum atomic E-state index is 6.18. The van der Waals surface area contributed by atoms with E-state index in [0.717, 1.165) is 36.3 Å². The molecule has 2 heteroatoms. The van der Waals surface area contributed by atoms with Gasteiger partial charge >= 0.3 is 0 Å². The normalized spacial score (nSPS) is 42.1. The van der Waals surface area contributed by atoms with Crippen molar-refractivity contribution in [3.63, 3.8) is 0 Å². The number of hydrogen-bond donors (Lipinski definition) is 1. The Morgan fingerprint density at radius 2 is 2.10 bits per heavy atom. The number of ether oxygens (including phenoxy) is 1. The van der Waals surface area contributed by atoms with Crippen molar-refractivity contribution in [2.24, 2.45) is 23.7 Å². The van der Waals surface area contributed by atoms with Crippen LogP contribution in [0.4, 0.5) is 0 Å². The first-order valence-corrected chi connectivity index (χ1v) is 9.67. The summed E-state index contributed by atoms with van der Waals surface area (Å²) in [5, 5.41) is 4.00. The van der Waals surface area contributed by atoms with E-state index in [4.69, 9.17) is 4.74 Å². The molecule has 5 unspecified atom stereocenters. The first-order valence-electron chi connectivity index (χ1n) is 9.67. The van der Waals surface area contributed by atoms with Gasteiger partial charge in [-0.3, -0.25) is 0 Å². The predicted octanol–water partition coefficient (Wildman–Crippen LogP) is 4.14. The van der Waals surface area contributed by atoms with Gasteiger partial charge in [-0.1, -0.05) is 13.3 Å². The lowest BCUT2D eigenvalue weighted by atomic mass is 9.67. The summed E-state index contributed by atoms with van der Waals surface area (Å²) in [4.78, 5) is 0. The van der Waals surface area contributed by atoms with Crippen LogP contribution >= 0.6 is 0 Å². The molecule has 3 aliphatic carbocycles. The molecule has 0 aromatic heterocycles. The van der Waals surface area contributed by atoms with E-state index in [-0.39, 0.29) is 0 Å². The topological polar surface area (TPSA) is 21.3 Å². The maximum absolute atomic E-state index is 6.18. The summed E-state index contributed by atoms with van der Waals surface area (Å²) in [6.07, 6.45) is 14.1. The van der Waals surface area contributed by atoms with Crippen molar-refractivity contribution in [2.45, 2.75) is 82.8 Å². The number of nitrogens with one attached hydrogen (secondary N) is 1. The largest absolute Gasteiger partial charge is 0.375 e. The molecule has 3 saturated carbocycles. The molecule has 0 aromatic rings. The fourth-order valence-corrected chi connectivity index (χ4v) is 6.00. The van der Waals surface area contributed by atoms with E-state index in [1.165, 1.54) is 64.3 Å². The highest BCUT2D eigenvalue weighted by Crippen LogP contribution is 2.53. The summed E-state index contributed by atoms with van der Waals surface area (Å²) in [5.74, 6) is 3.98. The minimum absolute atomic E-state index is 0.312. The first-order chi connectivity index (χ1) is 10.3. The van der Waals surface area contributed by atoms with E-state index >= 15 is 0 Å². The highest BCUT2D eigenvalue weighted by Gasteiger charge is 2.49. The Hall–Kier alpha value is -0.0800. The van der Waals surface area contributed by atoms with Crippen LogP contribution in [0, 0.1) is 23.7 Å². The summed E-state index contributed by atoms with van der Waals surface area (Å²) in [5.41, 5.74) is 0.312. The smallest absolute Gasteiger partial charge is 0.0685 e. The standard InChI is InChI=1S/C19H33NO/c1-2-9-20-18(17-12-14-4-5-15(17)11-14)16-6-10-21-19(13-16)7-3-8-19/h14-18,20H,2-13H2,1H3. The average molecular weight is 291 g/mol. The van der Waals surface area contributed by atoms with Crippen molar-refractivity contribution in [1.29, 1.82) is 0 Å². The molecule has 4 fully saturated rings. The lowest BCUT2D eigenvalue weighted by Crippen LogP contribution is -2.53. The van der Waals surface area contributed by atoms with Gasteiger partial charge in [0.15, 0.2) is 0 Å². The van der Waals surface area contributed by atoms with Gasteiger partial charge < -0.3 is 10.1 Å². The van der Waals surface area contributed by atoms with Gasteiger partial charge in [0.25, 0.3) is 0 Å². The van der Waals surface area contributed by atoms with E-state index in [1.54, 1.807) is 6.42 Å². The second-order valence-electron chi connectivity index (χ2n) is 8.46. The molecule has 0 radical (unpaired) electrons. The van der Waals surface area contributed by atoms with Crippen molar-refractivity contribution < 1.29 is 4.74 Å². The molecule has 5 atom stereocenters. The SMILES string of the molecule is CCCNC(C1CCOC2(CCC2)C1)C1CC2CCC1C2. The number of rotatable bonds is 5. The minimum atomic E-state index is 0.312. The van der Waals surface area contributed by atoms with Gasteiger partial charge in [-0.15, -0.1) is 0 Å². The van der Waals surface area contributed by atoms with Crippen LogP contribution < -0.4 is 5.32 Å². The fourth-order valence-electron chi connectivity index (χ4n) is 6.00. The van der Waals surface area contributed by atoms with Gasteiger partial charge in [0.05, 0.1) is 5.60 Å². The highest BCUT2D eigenvalue weighted by atomic mass is 16.5. The molecule has 1 aliphatic heterocycles. The van der Waals surface area contributed by atoms with E-state index in [0.29, 0.717) is 5.60 Å². The molecule has 2 nitrogen and oxygen atoms in total. The molecule has 0 aromatic carbocycles. The van der Waals surface area contributed by atoms with Gasteiger partial charge in [0.2, 0.25) is 0 Å².